The summed E-state index contributed by atoms with van der Waals surface area (Å²) in [5, 5.41) is 2.48. The molecule has 0 spiro atoms. The van der Waals surface area contributed by atoms with Gasteiger partial charge in [-0.1, -0.05) is 13.8 Å². The van der Waals surface area contributed by atoms with Crippen LogP contribution < -0.4 is 11.1 Å². The highest BCUT2D eigenvalue weighted by Gasteiger charge is 2.23. The van der Waals surface area contributed by atoms with E-state index in [4.69, 9.17) is 5.73 Å². The number of hydrogen-bond acceptors (Lipinski definition) is 3. The van der Waals surface area contributed by atoms with Crippen molar-refractivity contribution in [3.05, 3.63) is 0 Å². The summed E-state index contributed by atoms with van der Waals surface area (Å²) in [5.41, 5.74) is 5.73. The van der Waals surface area contributed by atoms with Gasteiger partial charge < -0.3 is 16.0 Å². The summed E-state index contributed by atoms with van der Waals surface area (Å²) < 4.78 is 0. The Balaban J connectivity index is 4.40. The van der Waals surface area contributed by atoms with Crippen LogP contribution in [0.4, 0.5) is 0 Å². The van der Waals surface area contributed by atoms with Crippen molar-refractivity contribution >= 4 is 11.8 Å². The highest BCUT2D eigenvalue weighted by Crippen LogP contribution is 2.03. The SMILES string of the molecule is CCN(CC(=O)NC)C(=O)[C@H](N)C(C)C. The Morgan fingerprint density at radius 2 is 1.93 bits per heavy atom. The van der Waals surface area contributed by atoms with Crippen LogP contribution in [0.5, 0.6) is 0 Å². The fraction of sp³-hybridized carbons (Fsp3) is 0.800. The van der Waals surface area contributed by atoms with Gasteiger partial charge in [0.2, 0.25) is 11.8 Å². The Morgan fingerprint density at radius 1 is 1.40 bits per heavy atom. The molecule has 88 valence electrons. The van der Waals surface area contributed by atoms with Crippen LogP contribution >= 0.6 is 0 Å². The van der Waals surface area contributed by atoms with Gasteiger partial charge in [-0.3, -0.25) is 9.59 Å². The molecule has 0 rings (SSSR count). The van der Waals surface area contributed by atoms with Crippen LogP contribution in [0.3, 0.4) is 0 Å². The first kappa shape index (κ1) is 13.9. The molecule has 2 amide bonds. The quantitative estimate of drug-likeness (QED) is 0.653. The minimum Gasteiger partial charge on any atom is -0.358 e. The molecule has 0 saturated carbocycles. The minimum absolute atomic E-state index is 0.0756. The normalized spacial score (nSPS) is 12.4. The molecule has 0 saturated heterocycles. The van der Waals surface area contributed by atoms with Crippen molar-refractivity contribution in [1.82, 2.24) is 10.2 Å². The van der Waals surface area contributed by atoms with Gasteiger partial charge in [0.05, 0.1) is 12.6 Å². The highest BCUT2D eigenvalue weighted by atomic mass is 16.2. The number of carbonyl (C=O) groups excluding carboxylic acids is 2. The zero-order valence-electron chi connectivity index (χ0n) is 9.91. The fourth-order valence-electron chi connectivity index (χ4n) is 1.09. The maximum Gasteiger partial charge on any atom is 0.240 e. The summed E-state index contributed by atoms with van der Waals surface area (Å²) in [5.74, 6) is -0.270. The van der Waals surface area contributed by atoms with E-state index in [1.165, 1.54) is 4.90 Å². The van der Waals surface area contributed by atoms with Crippen LogP contribution in [-0.4, -0.2) is 42.9 Å². The molecule has 0 aliphatic carbocycles. The maximum absolute atomic E-state index is 11.8. The molecule has 0 aromatic carbocycles. The molecule has 0 aliphatic rings. The van der Waals surface area contributed by atoms with E-state index in [-0.39, 0.29) is 24.3 Å². The van der Waals surface area contributed by atoms with Crippen LogP contribution in [-0.2, 0) is 9.59 Å². The lowest BCUT2D eigenvalue weighted by Crippen LogP contribution is -2.49. The summed E-state index contributed by atoms with van der Waals surface area (Å²) >= 11 is 0. The number of nitrogens with one attached hydrogen (secondary N) is 1. The van der Waals surface area contributed by atoms with Crippen LogP contribution in [0.2, 0.25) is 0 Å². The molecule has 0 fully saturated rings. The lowest BCUT2D eigenvalue weighted by atomic mass is 10.0. The second-order valence-corrected chi connectivity index (χ2v) is 3.80. The van der Waals surface area contributed by atoms with E-state index in [9.17, 15) is 9.59 Å². The molecule has 1 atom stereocenters. The summed E-state index contributed by atoms with van der Waals surface area (Å²) in [6.07, 6.45) is 0. The third-order valence-corrected chi connectivity index (χ3v) is 2.31. The van der Waals surface area contributed by atoms with Crippen molar-refractivity contribution in [2.24, 2.45) is 11.7 Å². The van der Waals surface area contributed by atoms with E-state index in [1.807, 2.05) is 20.8 Å². The van der Waals surface area contributed by atoms with Crippen LogP contribution in [0.1, 0.15) is 20.8 Å². The van der Waals surface area contributed by atoms with Crippen LogP contribution in [0.25, 0.3) is 0 Å². The Labute approximate surface area is 91.0 Å². The molecule has 0 aromatic rings. The van der Waals surface area contributed by atoms with E-state index in [2.05, 4.69) is 5.32 Å². The number of nitrogens with two attached hydrogens (primary N) is 1. The number of nitrogens with zero attached hydrogens (tertiary/aromatic N) is 1. The average molecular weight is 215 g/mol. The van der Waals surface area contributed by atoms with Crippen molar-refractivity contribution in [2.75, 3.05) is 20.1 Å². The zero-order chi connectivity index (χ0) is 12.0. The number of hydrogen-bond donors (Lipinski definition) is 2. The first-order valence-corrected chi connectivity index (χ1v) is 5.19. The van der Waals surface area contributed by atoms with Crippen molar-refractivity contribution in [2.45, 2.75) is 26.8 Å². The van der Waals surface area contributed by atoms with Gasteiger partial charge in [0.1, 0.15) is 0 Å². The molecule has 0 unspecified atom stereocenters. The molecule has 5 heteroatoms. The fourth-order valence-corrected chi connectivity index (χ4v) is 1.09. The maximum atomic E-state index is 11.8. The summed E-state index contributed by atoms with van der Waals surface area (Å²) in [6.45, 7) is 6.17. The standard InChI is InChI=1S/C10H21N3O2/c1-5-13(6-8(14)12-4)10(15)9(11)7(2)3/h7,9H,5-6,11H2,1-4H3,(H,12,14)/t9-/m1/s1. The molecule has 3 N–H and O–H groups in total. The number of rotatable bonds is 5. The Kier molecular flexibility index (Phi) is 5.93. The van der Waals surface area contributed by atoms with Crippen molar-refractivity contribution in [1.29, 1.82) is 0 Å². The van der Waals surface area contributed by atoms with Gasteiger partial charge in [0.15, 0.2) is 0 Å². The topological polar surface area (TPSA) is 75.4 Å². The first-order chi connectivity index (χ1) is 6.93. The first-order valence-electron chi connectivity index (χ1n) is 5.19. The Morgan fingerprint density at radius 3 is 2.27 bits per heavy atom. The zero-order valence-corrected chi connectivity index (χ0v) is 9.91. The molecule has 15 heavy (non-hydrogen) atoms. The molecule has 0 radical (unpaired) electrons. The molecular weight excluding hydrogens is 194 g/mol. The second kappa shape index (κ2) is 6.40. The van der Waals surface area contributed by atoms with Gasteiger partial charge in [0, 0.05) is 13.6 Å². The molecule has 0 aliphatic heterocycles. The molecule has 0 heterocycles. The predicted octanol–water partition coefficient (Wildman–Crippen LogP) is -0.436. The van der Waals surface area contributed by atoms with E-state index in [0.29, 0.717) is 6.54 Å². The van der Waals surface area contributed by atoms with E-state index in [1.54, 1.807) is 7.05 Å². The van der Waals surface area contributed by atoms with Crippen LogP contribution in [0, 0.1) is 5.92 Å². The third kappa shape index (κ3) is 4.29. The van der Waals surface area contributed by atoms with Crippen molar-refractivity contribution in [3.63, 3.8) is 0 Å². The largest absolute Gasteiger partial charge is 0.358 e. The molecule has 0 aromatic heterocycles. The smallest absolute Gasteiger partial charge is 0.240 e. The second-order valence-electron chi connectivity index (χ2n) is 3.80. The molecular formula is C10H21N3O2. The van der Waals surface area contributed by atoms with E-state index < -0.39 is 6.04 Å². The lowest BCUT2D eigenvalue weighted by molar-refractivity contribution is -0.137. The minimum atomic E-state index is -0.533. The summed E-state index contributed by atoms with van der Waals surface area (Å²) in [7, 11) is 1.54. The van der Waals surface area contributed by atoms with Crippen molar-refractivity contribution < 1.29 is 9.59 Å². The average Bonchev–Trinajstić information content (AvgIpc) is 2.23. The third-order valence-electron chi connectivity index (χ3n) is 2.31. The summed E-state index contributed by atoms with van der Waals surface area (Å²) in [6, 6.07) is -0.533. The van der Waals surface area contributed by atoms with Gasteiger partial charge in [-0.05, 0) is 12.8 Å². The molecule has 5 nitrogen and oxygen atoms in total. The van der Waals surface area contributed by atoms with E-state index in [0.717, 1.165) is 0 Å². The van der Waals surface area contributed by atoms with Gasteiger partial charge in [-0.2, -0.15) is 0 Å². The monoisotopic (exact) mass is 215 g/mol. The van der Waals surface area contributed by atoms with E-state index >= 15 is 0 Å². The number of carbonyl (C=O) groups is 2. The Hall–Kier alpha value is -1.10. The van der Waals surface area contributed by atoms with Gasteiger partial charge in [-0.15, -0.1) is 0 Å². The predicted molar refractivity (Wildman–Crippen MR) is 59.1 cm³/mol. The van der Waals surface area contributed by atoms with Crippen molar-refractivity contribution in [3.8, 4) is 0 Å². The van der Waals surface area contributed by atoms with Crippen LogP contribution in [0.15, 0.2) is 0 Å². The van der Waals surface area contributed by atoms with Gasteiger partial charge in [-0.25, -0.2) is 0 Å². The van der Waals surface area contributed by atoms with Gasteiger partial charge in [0.25, 0.3) is 0 Å². The lowest BCUT2D eigenvalue weighted by Gasteiger charge is -2.25. The highest BCUT2D eigenvalue weighted by molar-refractivity contribution is 5.87. The number of likely N-dealkylation sites (N-methyl/N-ethyl adjacent to an activating group) is 2. The summed E-state index contributed by atoms with van der Waals surface area (Å²) in [4.78, 5) is 24.4. The van der Waals surface area contributed by atoms with Gasteiger partial charge >= 0.3 is 0 Å². The molecule has 0 bridgehead atoms. The Bertz CT molecular complexity index is 229. The number of amides is 2.